The second-order valence-corrected chi connectivity index (χ2v) is 5.19. The van der Waals surface area contributed by atoms with Crippen molar-refractivity contribution in [3.63, 3.8) is 0 Å². The number of aromatic nitrogens is 2. The number of ether oxygens (including phenoxy) is 2. The fourth-order valence-corrected chi connectivity index (χ4v) is 1.49. The molecule has 0 bridgehead atoms. The summed E-state index contributed by atoms with van der Waals surface area (Å²) in [7, 11) is 0. The number of carboxylic acid groups (broad SMARTS) is 1. The molecule has 7 nitrogen and oxygen atoms in total. The van der Waals surface area contributed by atoms with Crippen LogP contribution in [0, 0.1) is 0 Å². The summed E-state index contributed by atoms with van der Waals surface area (Å²) in [6.45, 7) is 6.25. The van der Waals surface area contributed by atoms with E-state index in [1.807, 2.05) is 0 Å². The molecule has 0 aliphatic heterocycles. The van der Waals surface area contributed by atoms with Crippen LogP contribution in [0.15, 0.2) is 12.3 Å². The molecule has 1 heterocycles. The first kappa shape index (κ1) is 16.2. The highest BCUT2D eigenvalue weighted by Gasteiger charge is 2.15. The van der Waals surface area contributed by atoms with E-state index in [4.69, 9.17) is 14.6 Å². The molecule has 0 saturated carbocycles. The summed E-state index contributed by atoms with van der Waals surface area (Å²) in [6, 6.07) is 1.42. The largest absolute Gasteiger partial charge is 0.477 e. The van der Waals surface area contributed by atoms with Crippen LogP contribution >= 0.6 is 0 Å². The number of hydrogen-bond donors (Lipinski definition) is 1. The summed E-state index contributed by atoms with van der Waals surface area (Å²) in [6.07, 6.45) is 1.59. The molecular weight excluding hydrogens is 264 g/mol. The molecule has 0 aliphatic carbocycles. The van der Waals surface area contributed by atoms with Crippen LogP contribution in [0.3, 0.4) is 0 Å². The molecule has 1 rings (SSSR count). The summed E-state index contributed by atoms with van der Waals surface area (Å²) in [5.41, 5.74) is -0.386. The van der Waals surface area contributed by atoms with E-state index in [0.29, 0.717) is 6.54 Å². The van der Waals surface area contributed by atoms with Crippen LogP contribution < -0.4 is 0 Å². The highest BCUT2D eigenvalue weighted by atomic mass is 16.6. The number of carboxylic acids is 1. The van der Waals surface area contributed by atoms with Crippen molar-refractivity contribution in [3.8, 4) is 0 Å². The summed E-state index contributed by atoms with van der Waals surface area (Å²) >= 11 is 0. The third kappa shape index (κ3) is 5.83. The van der Waals surface area contributed by atoms with Gasteiger partial charge in [0.2, 0.25) is 0 Å². The molecule has 20 heavy (non-hydrogen) atoms. The zero-order valence-corrected chi connectivity index (χ0v) is 12.0. The minimum atomic E-state index is -1.03. The van der Waals surface area contributed by atoms with E-state index >= 15 is 0 Å². The molecular formula is C13H20N2O5. The number of rotatable bonds is 7. The Morgan fingerprint density at radius 2 is 2.05 bits per heavy atom. The van der Waals surface area contributed by atoms with Gasteiger partial charge in [0.1, 0.15) is 11.3 Å². The van der Waals surface area contributed by atoms with E-state index in [2.05, 4.69) is 5.10 Å². The number of nitrogens with zero attached hydrogens (tertiary/aromatic N) is 2. The van der Waals surface area contributed by atoms with Crippen molar-refractivity contribution in [1.82, 2.24) is 9.78 Å². The number of hydrogen-bond acceptors (Lipinski definition) is 5. The van der Waals surface area contributed by atoms with Crippen LogP contribution in [-0.4, -0.2) is 45.6 Å². The summed E-state index contributed by atoms with van der Waals surface area (Å²) in [4.78, 5) is 22.2. The Labute approximate surface area is 117 Å². The van der Waals surface area contributed by atoms with E-state index in [9.17, 15) is 9.59 Å². The van der Waals surface area contributed by atoms with Crippen LogP contribution in [-0.2, 0) is 20.8 Å². The second-order valence-electron chi connectivity index (χ2n) is 5.19. The first-order valence-electron chi connectivity index (χ1n) is 6.34. The maximum absolute atomic E-state index is 11.4. The molecule has 0 atom stereocenters. The molecule has 7 heteroatoms. The van der Waals surface area contributed by atoms with Crippen LogP contribution in [0.1, 0.15) is 37.7 Å². The van der Waals surface area contributed by atoms with Gasteiger partial charge in [-0.2, -0.15) is 5.10 Å². The Hall–Kier alpha value is -1.89. The lowest BCUT2D eigenvalue weighted by Crippen LogP contribution is -2.24. The van der Waals surface area contributed by atoms with Crippen LogP contribution in [0.4, 0.5) is 0 Å². The van der Waals surface area contributed by atoms with Gasteiger partial charge in [-0.05, 0) is 26.8 Å². The first-order chi connectivity index (χ1) is 9.29. The Morgan fingerprint density at radius 1 is 1.35 bits per heavy atom. The van der Waals surface area contributed by atoms with Gasteiger partial charge in [-0.3, -0.25) is 9.48 Å². The third-order valence-electron chi connectivity index (χ3n) is 2.25. The van der Waals surface area contributed by atoms with Crippen molar-refractivity contribution >= 4 is 11.9 Å². The average Bonchev–Trinajstić information content (AvgIpc) is 2.74. The summed E-state index contributed by atoms with van der Waals surface area (Å²) in [5, 5.41) is 12.8. The standard InChI is InChI=1S/C13H20N2O5/c1-13(2,3)20-11(16)5-8-19-9-7-15-10(12(17)18)4-6-14-15/h4,6H,5,7-9H2,1-3H3,(H,17,18). The lowest BCUT2D eigenvalue weighted by Gasteiger charge is -2.19. The number of carbonyl (C=O) groups is 2. The Kier molecular flexibility index (Phi) is 5.69. The monoisotopic (exact) mass is 284 g/mol. The van der Waals surface area contributed by atoms with Crippen molar-refractivity contribution in [2.75, 3.05) is 13.2 Å². The van der Waals surface area contributed by atoms with Crippen molar-refractivity contribution in [1.29, 1.82) is 0 Å². The molecule has 0 unspecified atom stereocenters. The molecule has 0 spiro atoms. The van der Waals surface area contributed by atoms with Gasteiger partial charge in [0.25, 0.3) is 0 Å². The molecule has 0 saturated heterocycles. The predicted octanol–water partition coefficient (Wildman–Crippen LogP) is 1.33. The maximum Gasteiger partial charge on any atom is 0.354 e. The van der Waals surface area contributed by atoms with Crippen LogP contribution in [0.5, 0.6) is 0 Å². The van der Waals surface area contributed by atoms with Gasteiger partial charge in [0.05, 0.1) is 26.2 Å². The van der Waals surface area contributed by atoms with Gasteiger partial charge < -0.3 is 14.6 Å². The van der Waals surface area contributed by atoms with Gasteiger partial charge in [0.15, 0.2) is 0 Å². The smallest absolute Gasteiger partial charge is 0.354 e. The Morgan fingerprint density at radius 3 is 2.65 bits per heavy atom. The molecule has 0 radical (unpaired) electrons. The SMILES string of the molecule is CC(C)(C)OC(=O)CCOCCn1nccc1C(=O)O. The van der Waals surface area contributed by atoms with Gasteiger partial charge in [0, 0.05) is 6.20 Å². The average molecular weight is 284 g/mol. The van der Waals surface area contributed by atoms with Crippen molar-refractivity contribution in [2.24, 2.45) is 0 Å². The third-order valence-corrected chi connectivity index (χ3v) is 2.25. The second kappa shape index (κ2) is 7.04. The van der Waals surface area contributed by atoms with Crippen LogP contribution in [0.25, 0.3) is 0 Å². The Bertz CT molecular complexity index is 462. The first-order valence-corrected chi connectivity index (χ1v) is 6.34. The van der Waals surface area contributed by atoms with E-state index in [0.717, 1.165) is 0 Å². The van der Waals surface area contributed by atoms with Gasteiger partial charge in [-0.25, -0.2) is 4.79 Å². The van der Waals surface area contributed by atoms with Crippen molar-refractivity contribution < 1.29 is 24.2 Å². The summed E-state index contributed by atoms with van der Waals surface area (Å²) in [5.74, 6) is -1.35. The molecule has 0 amide bonds. The zero-order chi connectivity index (χ0) is 15.2. The van der Waals surface area contributed by atoms with E-state index in [1.54, 1.807) is 20.8 Å². The highest BCUT2D eigenvalue weighted by Crippen LogP contribution is 2.08. The van der Waals surface area contributed by atoms with Gasteiger partial charge >= 0.3 is 11.9 Å². The quantitative estimate of drug-likeness (QED) is 0.600. The van der Waals surface area contributed by atoms with Crippen LogP contribution in [0.2, 0.25) is 0 Å². The fraction of sp³-hybridized carbons (Fsp3) is 0.615. The number of esters is 1. The lowest BCUT2D eigenvalue weighted by molar-refractivity contribution is -0.156. The topological polar surface area (TPSA) is 90.7 Å². The number of aromatic carboxylic acids is 1. The van der Waals surface area contributed by atoms with Gasteiger partial charge in [-0.15, -0.1) is 0 Å². The molecule has 0 aromatic carbocycles. The van der Waals surface area contributed by atoms with Crippen molar-refractivity contribution in [3.05, 3.63) is 18.0 Å². The maximum atomic E-state index is 11.4. The highest BCUT2D eigenvalue weighted by molar-refractivity contribution is 5.85. The minimum Gasteiger partial charge on any atom is -0.477 e. The molecule has 1 aromatic heterocycles. The molecule has 0 aliphatic rings. The normalized spacial score (nSPS) is 11.3. The fourth-order valence-electron chi connectivity index (χ4n) is 1.49. The molecule has 1 N–H and O–H groups in total. The van der Waals surface area contributed by atoms with Crippen molar-refractivity contribution in [2.45, 2.75) is 39.3 Å². The lowest BCUT2D eigenvalue weighted by atomic mass is 10.2. The van der Waals surface area contributed by atoms with E-state index in [1.165, 1.54) is 16.9 Å². The predicted molar refractivity (Wildman–Crippen MR) is 70.5 cm³/mol. The summed E-state index contributed by atoms with van der Waals surface area (Å²) < 4.78 is 11.7. The molecule has 112 valence electrons. The Balaban J connectivity index is 2.21. The minimum absolute atomic E-state index is 0.112. The van der Waals surface area contributed by atoms with E-state index in [-0.39, 0.29) is 31.3 Å². The molecule has 0 fully saturated rings. The van der Waals surface area contributed by atoms with E-state index < -0.39 is 11.6 Å². The zero-order valence-electron chi connectivity index (χ0n) is 12.0. The number of carbonyl (C=O) groups excluding carboxylic acids is 1. The van der Waals surface area contributed by atoms with Gasteiger partial charge in [-0.1, -0.05) is 0 Å². The molecule has 1 aromatic rings.